The molecular formula is C24H21ClFN5O. The maximum absolute atomic E-state index is 13.8. The lowest BCUT2D eigenvalue weighted by molar-refractivity contribution is 0.0724. The first-order valence-corrected chi connectivity index (χ1v) is 10.7. The molecule has 0 unspecified atom stereocenters. The molecule has 32 heavy (non-hydrogen) atoms. The highest BCUT2D eigenvalue weighted by atomic mass is 35.5. The van der Waals surface area contributed by atoms with Gasteiger partial charge in [0.1, 0.15) is 5.82 Å². The molecule has 4 rings (SSSR count). The first-order chi connectivity index (χ1) is 15.5. The maximum Gasteiger partial charge on any atom is 0.274 e. The minimum atomic E-state index is -0.371. The molecule has 6 nitrogen and oxygen atoms in total. The molecular weight excluding hydrogens is 429 g/mol. The largest absolute Gasteiger partial charge is 0.341 e. The van der Waals surface area contributed by atoms with E-state index < -0.39 is 0 Å². The number of amides is 1. The van der Waals surface area contributed by atoms with Crippen LogP contribution in [0.2, 0.25) is 5.02 Å². The lowest BCUT2D eigenvalue weighted by atomic mass is 10.1. The summed E-state index contributed by atoms with van der Waals surface area (Å²) in [5.74, 6) is -0.254. The van der Waals surface area contributed by atoms with Crippen LogP contribution in [0.5, 0.6) is 0 Å². The van der Waals surface area contributed by atoms with E-state index in [-0.39, 0.29) is 35.5 Å². The number of nitriles is 1. The number of halogens is 2. The van der Waals surface area contributed by atoms with Crippen molar-refractivity contribution in [3.8, 4) is 6.07 Å². The van der Waals surface area contributed by atoms with Crippen LogP contribution < -0.4 is 4.90 Å². The molecule has 0 saturated carbocycles. The second-order valence-electron chi connectivity index (χ2n) is 7.66. The summed E-state index contributed by atoms with van der Waals surface area (Å²) < 4.78 is 13.8. The Labute approximate surface area is 190 Å². The second-order valence-corrected chi connectivity index (χ2v) is 8.07. The molecule has 0 atom stereocenters. The fourth-order valence-electron chi connectivity index (χ4n) is 3.69. The molecule has 3 aromatic rings. The predicted molar refractivity (Wildman–Crippen MR) is 120 cm³/mol. The van der Waals surface area contributed by atoms with Crippen LogP contribution in [0.3, 0.4) is 0 Å². The van der Waals surface area contributed by atoms with E-state index >= 15 is 0 Å². The molecule has 0 N–H and O–H groups in total. The van der Waals surface area contributed by atoms with Crippen molar-refractivity contribution in [2.75, 3.05) is 18.0 Å². The van der Waals surface area contributed by atoms with Crippen molar-refractivity contribution < 1.29 is 9.18 Å². The smallest absolute Gasteiger partial charge is 0.274 e. The third-order valence-electron chi connectivity index (χ3n) is 5.33. The summed E-state index contributed by atoms with van der Waals surface area (Å²) in [4.78, 5) is 25.9. The van der Waals surface area contributed by atoms with Crippen LogP contribution in [0.4, 0.5) is 10.3 Å². The van der Waals surface area contributed by atoms with Gasteiger partial charge in [-0.05, 0) is 48.2 Å². The monoisotopic (exact) mass is 449 g/mol. The lowest BCUT2D eigenvalue weighted by Crippen LogP contribution is -2.32. The SMILES string of the molecule is N#Cc1ccc(CN(Cc2cccc(F)c2)C(=O)c2nc(N3CCCC3)ncc2Cl)cc1. The zero-order valence-corrected chi connectivity index (χ0v) is 18.1. The number of aromatic nitrogens is 2. The van der Waals surface area contributed by atoms with Gasteiger partial charge in [0, 0.05) is 26.2 Å². The van der Waals surface area contributed by atoms with Crippen LogP contribution in [-0.4, -0.2) is 33.9 Å². The Kier molecular flexibility index (Phi) is 6.62. The highest BCUT2D eigenvalue weighted by Gasteiger charge is 2.24. The molecule has 0 bridgehead atoms. The average Bonchev–Trinajstić information content (AvgIpc) is 3.34. The van der Waals surface area contributed by atoms with Gasteiger partial charge in [-0.1, -0.05) is 35.9 Å². The second kappa shape index (κ2) is 9.75. The number of benzene rings is 2. The Bertz CT molecular complexity index is 1160. The Morgan fingerprint density at radius 2 is 1.84 bits per heavy atom. The maximum atomic E-state index is 13.8. The molecule has 0 spiro atoms. The molecule has 162 valence electrons. The van der Waals surface area contributed by atoms with Crippen molar-refractivity contribution in [2.45, 2.75) is 25.9 Å². The molecule has 1 aromatic heterocycles. The molecule has 0 aliphatic carbocycles. The molecule has 1 amide bonds. The van der Waals surface area contributed by atoms with Gasteiger partial charge in [0.05, 0.1) is 22.9 Å². The molecule has 0 radical (unpaired) electrons. The Hall–Kier alpha value is -3.50. The van der Waals surface area contributed by atoms with Gasteiger partial charge in [-0.25, -0.2) is 14.4 Å². The third kappa shape index (κ3) is 5.04. The minimum absolute atomic E-state index is 0.119. The average molecular weight is 450 g/mol. The number of carbonyl (C=O) groups is 1. The van der Waals surface area contributed by atoms with Gasteiger partial charge in [-0.2, -0.15) is 5.26 Å². The molecule has 1 saturated heterocycles. The van der Waals surface area contributed by atoms with Gasteiger partial charge in [0.2, 0.25) is 5.95 Å². The Morgan fingerprint density at radius 1 is 1.12 bits per heavy atom. The molecule has 1 aliphatic heterocycles. The van der Waals surface area contributed by atoms with Gasteiger partial charge in [-0.3, -0.25) is 4.79 Å². The van der Waals surface area contributed by atoms with Crippen LogP contribution in [0, 0.1) is 17.1 Å². The van der Waals surface area contributed by atoms with Crippen molar-refractivity contribution in [3.63, 3.8) is 0 Å². The molecule has 8 heteroatoms. The highest BCUT2D eigenvalue weighted by Crippen LogP contribution is 2.23. The first-order valence-electron chi connectivity index (χ1n) is 10.3. The number of hydrogen-bond acceptors (Lipinski definition) is 5. The van der Waals surface area contributed by atoms with Crippen molar-refractivity contribution in [2.24, 2.45) is 0 Å². The van der Waals surface area contributed by atoms with E-state index in [1.807, 2.05) is 4.90 Å². The van der Waals surface area contributed by atoms with Crippen molar-refractivity contribution in [3.05, 3.63) is 88.0 Å². The van der Waals surface area contributed by atoms with E-state index in [4.69, 9.17) is 16.9 Å². The number of nitrogens with zero attached hydrogens (tertiary/aromatic N) is 5. The van der Waals surface area contributed by atoms with Crippen molar-refractivity contribution in [1.82, 2.24) is 14.9 Å². The van der Waals surface area contributed by atoms with Gasteiger partial charge in [0.15, 0.2) is 5.69 Å². The van der Waals surface area contributed by atoms with Crippen LogP contribution in [0.15, 0.2) is 54.7 Å². The van der Waals surface area contributed by atoms with Crippen LogP contribution in [-0.2, 0) is 13.1 Å². The summed E-state index contributed by atoms with van der Waals surface area (Å²) in [7, 11) is 0. The number of rotatable bonds is 6. The normalized spacial score (nSPS) is 13.1. The zero-order valence-electron chi connectivity index (χ0n) is 17.3. The van der Waals surface area contributed by atoms with Gasteiger partial charge in [0.25, 0.3) is 5.91 Å². The summed E-state index contributed by atoms with van der Waals surface area (Å²) in [6, 6.07) is 15.2. The summed E-state index contributed by atoms with van der Waals surface area (Å²) in [5, 5.41) is 9.20. The van der Waals surface area contributed by atoms with Crippen molar-refractivity contribution in [1.29, 1.82) is 5.26 Å². The van der Waals surface area contributed by atoms with E-state index in [0.717, 1.165) is 31.5 Å². The third-order valence-corrected chi connectivity index (χ3v) is 5.61. The van der Waals surface area contributed by atoms with E-state index in [1.165, 1.54) is 18.3 Å². The van der Waals surface area contributed by atoms with E-state index in [1.54, 1.807) is 41.3 Å². The lowest BCUT2D eigenvalue weighted by Gasteiger charge is -2.24. The van der Waals surface area contributed by atoms with Crippen LogP contribution in [0.25, 0.3) is 0 Å². The van der Waals surface area contributed by atoms with Crippen LogP contribution in [0.1, 0.15) is 40.0 Å². The van der Waals surface area contributed by atoms with Gasteiger partial charge in [-0.15, -0.1) is 0 Å². The van der Waals surface area contributed by atoms with Crippen LogP contribution >= 0.6 is 11.6 Å². The highest BCUT2D eigenvalue weighted by molar-refractivity contribution is 6.33. The topological polar surface area (TPSA) is 73.1 Å². The molecule has 1 aliphatic rings. The number of hydrogen-bond donors (Lipinski definition) is 0. The Balaban J connectivity index is 1.65. The standard InChI is InChI=1S/C24H21ClFN5O/c25-21-14-28-24(30-10-1-2-11-30)29-22(21)23(32)31(16-19-4-3-5-20(26)12-19)15-18-8-6-17(13-27)7-9-18/h3-9,12,14H,1-2,10-11,15-16H2. The number of anilines is 1. The van der Waals surface area contributed by atoms with E-state index in [0.29, 0.717) is 17.1 Å². The predicted octanol–water partition coefficient (Wildman–Crippen LogP) is 4.58. The fraction of sp³-hybridized carbons (Fsp3) is 0.250. The van der Waals surface area contributed by atoms with Gasteiger partial charge < -0.3 is 9.80 Å². The quantitative estimate of drug-likeness (QED) is 0.550. The Morgan fingerprint density at radius 3 is 2.53 bits per heavy atom. The summed E-state index contributed by atoms with van der Waals surface area (Å²) in [6.45, 7) is 2.11. The van der Waals surface area contributed by atoms with E-state index in [2.05, 4.69) is 16.0 Å². The first kappa shape index (κ1) is 21.7. The summed E-state index contributed by atoms with van der Waals surface area (Å²) in [5.41, 5.74) is 2.13. The molecule has 2 aromatic carbocycles. The molecule has 2 heterocycles. The zero-order chi connectivity index (χ0) is 22.5. The molecule has 1 fully saturated rings. The summed E-state index contributed by atoms with van der Waals surface area (Å²) >= 11 is 6.33. The minimum Gasteiger partial charge on any atom is -0.341 e. The fourth-order valence-corrected chi connectivity index (χ4v) is 3.86. The van der Waals surface area contributed by atoms with Crippen molar-refractivity contribution >= 4 is 23.5 Å². The number of carbonyl (C=O) groups excluding carboxylic acids is 1. The van der Waals surface area contributed by atoms with E-state index in [9.17, 15) is 9.18 Å². The van der Waals surface area contributed by atoms with Gasteiger partial charge >= 0.3 is 0 Å². The summed E-state index contributed by atoms with van der Waals surface area (Å²) in [6.07, 6.45) is 3.57.